The van der Waals surface area contributed by atoms with Crippen molar-refractivity contribution in [3.8, 4) is 0 Å². The lowest BCUT2D eigenvalue weighted by Crippen LogP contribution is -2.40. The molecule has 3 aliphatic carbocycles. The highest BCUT2D eigenvalue weighted by atomic mass is 14.6. The van der Waals surface area contributed by atoms with Gasteiger partial charge in [-0.2, -0.15) is 0 Å². The van der Waals surface area contributed by atoms with E-state index in [1.165, 1.54) is 6.42 Å². The van der Waals surface area contributed by atoms with Crippen LogP contribution in [0.5, 0.6) is 0 Å². The van der Waals surface area contributed by atoms with Gasteiger partial charge in [-0.05, 0) is 54.8 Å². The zero-order chi connectivity index (χ0) is 9.76. The monoisotopic (exact) mass is 192 g/mol. The van der Waals surface area contributed by atoms with Crippen LogP contribution in [0.25, 0.3) is 0 Å². The number of hydrogen-bond acceptors (Lipinski definition) is 0. The molecule has 0 spiro atoms. The van der Waals surface area contributed by atoms with E-state index in [1.54, 1.807) is 38.5 Å². The Kier molecular flexibility index (Phi) is 1.98. The van der Waals surface area contributed by atoms with Crippen molar-refractivity contribution in [3.05, 3.63) is 0 Å². The third-order valence-electron chi connectivity index (χ3n) is 6.19. The molecule has 0 N–H and O–H groups in total. The van der Waals surface area contributed by atoms with Gasteiger partial charge in [-0.3, -0.25) is 0 Å². The van der Waals surface area contributed by atoms with Crippen LogP contribution >= 0.6 is 0 Å². The van der Waals surface area contributed by atoms with Crippen LogP contribution in [0.2, 0.25) is 0 Å². The molecule has 3 rings (SSSR count). The Bertz CT molecular complexity index is 232. The Morgan fingerprint density at radius 3 is 2.79 bits per heavy atom. The molecule has 80 valence electrons. The first kappa shape index (κ1) is 9.24. The molecule has 0 heterocycles. The standard InChI is InChI=1S/C14H24/c1-3-14(2)11-7-8-13(14)12-6-4-5-10(12)9-11/h10-13H,3-9H2,1-2H3. The van der Waals surface area contributed by atoms with Crippen LogP contribution in [0.15, 0.2) is 0 Å². The molecule has 2 bridgehead atoms. The molecule has 3 aliphatic rings. The zero-order valence-electron chi connectivity index (χ0n) is 9.76. The summed E-state index contributed by atoms with van der Waals surface area (Å²) in [7, 11) is 0. The third kappa shape index (κ3) is 1.01. The van der Waals surface area contributed by atoms with E-state index in [9.17, 15) is 0 Å². The van der Waals surface area contributed by atoms with Gasteiger partial charge in [-0.1, -0.05) is 33.1 Å². The lowest BCUT2D eigenvalue weighted by atomic mass is 9.58. The largest absolute Gasteiger partial charge is 0.0648 e. The molecule has 0 aromatic carbocycles. The van der Waals surface area contributed by atoms with Crippen molar-refractivity contribution in [2.75, 3.05) is 0 Å². The SMILES string of the molecule is CCC1(C)C2CCC1C1CCCC1C2. The zero-order valence-corrected chi connectivity index (χ0v) is 9.76. The van der Waals surface area contributed by atoms with Crippen molar-refractivity contribution in [3.63, 3.8) is 0 Å². The highest BCUT2D eigenvalue weighted by molar-refractivity contribution is 5.04. The molecular formula is C14H24. The van der Waals surface area contributed by atoms with Crippen LogP contribution in [0.3, 0.4) is 0 Å². The minimum absolute atomic E-state index is 0.742. The molecule has 14 heavy (non-hydrogen) atoms. The van der Waals surface area contributed by atoms with Crippen molar-refractivity contribution in [2.24, 2.45) is 29.1 Å². The second-order valence-corrected chi connectivity index (χ2v) is 6.33. The van der Waals surface area contributed by atoms with Crippen molar-refractivity contribution < 1.29 is 0 Å². The summed E-state index contributed by atoms with van der Waals surface area (Å²) in [5.74, 6) is 4.49. The van der Waals surface area contributed by atoms with Gasteiger partial charge in [0.25, 0.3) is 0 Å². The van der Waals surface area contributed by atoms with Gasteiger partial charge in [-0.15, -0.1) is 0 Å². The minimum atomic E-state index is 0.742. The molecule has 0 aliphatic heterocycles. The first-order chi connectivity index (χ1) is 6.75. The summed E-state index contributed by atoms with van der Waals surface area (Å²) >= 11 is 0. The van der Waals surface area contributed by atoms with Gasteiger partial charge in [0.05, 0.1) is 0 Å². The molecule has 3 saturated carbocycles. The van der Waals surface area contributed by atoms with Crippen LogP contribution in [-0.4, -0.2) is 0 Å². The molecule has 5 atom stereocenters. The molecule has 0 saturated heterocycles. The predicted molar refractivity (Wildman–Crippen MR) is 60.1 cm³/mol. The number of hydrogen-bond donors (Lipinski definition) is 0. The Labute approximate surface area is 88.5 Å². The van der Waals surface area contributed by atoms with E-state index in [2.05, 4.69) is 13.8 Å². The van der Waals surface area contributed by atoms with E-state index >= 15 is 0 Å². The summed E-state index contributed by atoms with van der Waals surface area (Å²) in [6.45, 7) is 5.03. The summed E-state index contributed by atoms with van der Waals surface area (Å²) in [6.07, 6.45) is 10.8. The lowest BCUT2D eigenvalue weighted by Gasteiger charge is -2.47. The van der Waals surface area contributed by atoms with E-state index in [1.807, 2.05) is 0 Å². The molecule has 0 heteroatoms. The van der Waals surface area contributed by atoms with E-state index in [0.29, 0.717) is 0 Å². The first-order valence-corrected chi connectivity index (χ1v) is 6.75. The van der Waals surface area contributed by atoms with Crippen molar-refractivity contribution >= 4 is 0 Å². The van der Waals surface area contributed by atoms with Gasteiger partial charge < -0.3 is 0 Å². The quantitative estimate of drug-likeness (QED) is 0.582. The fraction of sp³-hybridized carbons (Fsp3) is 1.00. The maximum Gasteiger partial charge on any atom is -0.0269 e. The molecule has 0 aromatic heterocycles. The normalized spacial score (nSPS) is 56.1. The second kappa shape index (κ2) is 3.00. The maximum absolute atomic E-state index is 2.60. The fourth-order valence-electron chi connectivity index (χ4n) is 5.24. The molecular weight excluding hydrogens is 168 g/mol. The molecule has 0 amide bonds. The molecule has 5 unspecified atom stereocenters. The Morgan fingerprint density at radius 1 is 1.14 bits per heavy atom. The summed E-state index contributed by atoms with van der Waals surface area (Å²) in [5.41, 5.74) is 0.742. The Balaban J connectivity index is 1.92. The average molecular weight is 192 g/mol. The fourth-order valence-corrected chi connectivity index (χ4v) is 5.24. The van der Waals surface area contributed by atoms with Gasteiger partial charge in [0, 0.05) is 0 Å². The third-order valence-corrected chi connectivity index (χ3v) is 6.19. The number of rotatable bonds is 1. The Hall–Kier alpha value is 0. The van der Waals surface area contributed by atoms with Gasteiger partial charge in [0.2, 0.25) is 0 Å². The highest BCUT2D eigenvalue weighted by Crippen LogP contribution is 2.64. The van der Waals surface area contributed by atoms with Crippen molar-refractivity contribution in [2.45, 2.75) is 58.8 Å². The molecule has 0 nitrogen and oxygen atoms in total. The highest BCUT2D eigenvalue weighted by Gasteiger charge is 2.55. The van der Waals surface area contributed by atoms with Crippen LogP contribution in [0.1, 0.15) is 58.8 Å². The van der Waals surface area contributed by atoms with E-state index < -0.39 is 0 Å². The summed E-state index contributed by atoms with van der Waals surface area (Å²) in [5, 5.41) is 0. The lowest BCUT2D eigenvalue weighted by molar-refractivity contribution is 0.0205. The van der Waals surface area contributed by atoms with Crippen LogP contribution in [-0.2, 0) is 0 Å². The van der Waals surface area contributed by atoms with Gasteiger partial charge >= 0.3 is 0 Å². The summed E-state index contributed by atoms with van der Waals surface area (Å²) in [4.78, 5) is 0. The van der Waals surface area contributed by atoms with Crippen molar-refractivity contribution in [1.29, 1.82) is 0 Å². The van der Waals surface area contributed by atoms with E-state index in [4.69, 9.17) is 0 Å². The predicted octanol–water partition coefficient (Wildman–Crippen LogP) is 4.25. The van der Waals surface area contributed by atoms with Gasteiger partial charge in [0.1, 0.15) is 0 Å². The Morgan fingerprint density at radius 2 is 2.00 bits per heavy atom. The number of fused-ring (bicyclic) bond motifs is 4. The smallest absolute Gasteiger partial charge is 0.0269 e. The second-order valence-electron chi connectivity index (χ2n) is 6.33. The minimum Gasteiger partial charge on any atom is -0.0648 e. The van der Waals surface area contributed by atoms with Crippen molar-refractivity contribution in [1.82, 2.24) is 0 Å². The van der Waals surface area contributed by atoms with Crippen LogP contribution in [0.4, 0.5) is 0 Å². The molecule has 0 aromatic rings. The van der Waals surface area contributed by atoms with Crippen LogP contribution < -0.4 is 0 Å². The van der Waals surface area contributed by atoms with E-state index in [-0.39, 0.29) is 0 Å². The maximum atomic E-state index is 2.60. The van der Waals surface area contributed by atoms with E-state index in [0.717, 1.165) is 29.1 Å². The van der Waals surface area contributed by atoms with Gasteiger partial charge in [0.15, 0.2) is 0 Å². The summed E-state index contributed by atoms with van der Waals surface area (Å²) in [6, 6.07) is 0. The average Bonchev–Trinajstić information content (AvgIpc) is 2.71. The topological polar surface area (TPSA) is 0 Å². The molecule has 0 radical (unpaired) electrons. The molecule has 3 fully saturated rings. The summed E-state index contributed by atoms with van der Waals surface area (Å²) < 4.78 is 0. The van der Waals surface area contributed by atoms with Crippen LogP contribution in [0, 0.1) is 29.1 Å². The first-order valence-electron chi connectivity index (χ1n) is 6.75. The van der Waals surface area contributed by atoms with Gasteiger partial charge in [-0.25, -0.2) is 0 Å².